The van der Waals surface area contributed by atoms with Crippen molar-refractivity contribution in [3.63, 3.8) is 0 Å². The van der Waals surface area contributed by atoms with Crippen molar-refractivity contribution in [3.8, 4) is 11.3 Å². The Hall–Kier alpha value is -1.44. The first-order chi connectivity index (χ1) is 8.70. The van der Waals surface area contributed by atoms with E-state index in [-0.39, 0.29) is 0 Å². The summed E-state index contributed by atoms with van der Waals surface area (Å²) in [4.78, 5) is 0. The normalized spacial score (nSPS) is 11.7. The first-order valence-corrected chi connectivity index (χ1v) is 6.76. The van der Waals surface area contributed by atoms with Gasteiger partial charge in [-0.15, -0.1) is 4.68 Å². The average Bonchev–Trinajstić information content (AvgIpc) is 2.56. The molecule has 2 rings (SSSR count). The van der Waals surface area contributed by atoms with Crippen LogP contribution in [0.15, 0.2) is 36.4 Å². The molecular formula is C12H18ClN2O4+. The topological polar surface area (TPSA) is 92.6 Å². The molecule has 0 atom stereocenters. The van der Waals surface area contributed by atoms with E-state index in [0.29, 0.717) is 0 Å². The number of halogens is 1. The minimum atomic E-state index is -4.19. The van der Waals surface area contributed by atoms with Crippen molar-refractivity contribution in [2.45, 2.75) is 6.92 Å². The summed E-state index contributed by atoms with van der Waals surface area (Å²) in [6.45, 7) is 2.12. The van der Waals surface area contributed by atoms with Gasteiger partial charge in [0.25, 0.3) is 0 Å². The number of aromatic nitrogens is 2. The van der Waals surface area contributed by atoms with Crippen molar-refractivity contribution < 1.29 is 33.6 Å². The maximum atomic E-state index is 8.83. The molecule has 0 saturated heterocycles. The first-order valence-electron chi connectivity index (χ1n) is 5.44. The molecule has 0 amide bonds. The van der Waals surface area contributed by atoms with E-state index < -0.39 is 10.2 Å². The summed E-state index contributed by atoms with van der Waals surface area (Å²) in [6.07, 6.45) is 0. The van der Waals surface area contributed by atoms with E-state index >= 15 is 0 Å². The Bertz CT molecular complexity index is 529. The Morgan fingerprint density at radius 3 is 2.00 bits per heavy atom. The standard InChI is InChI=1S/C12H15N2.ClH3O4/c1-10-9-12(14(3)13(10)2)11-7-5-4-6-8-11;2-1(3,4)5/h4-9H,1-3H3;2-4H/q+1;. The van der Waals surface area contributed by atoms with Crippen LogP contribution in [0.4, 0.5) is 0 Å². The molecule has 2 aromatic rings. The average molecular weight is 290 g/mol. The Balaban J connectivity index is 0.000000312. The molecule has 1 aromatic carbocycles. The summed E-state index contributed by atoms with van der Waals surface area (Å²) in [5, 5.41) is 0. The second-order valence-corrected chi connectivity index (χ2v) is 4.89. The fourth-order valence-electron chi connectivity index (χ4n) is 1.66. The monoisotopic (exact) mass is 289 g/mol. The zero-order valence-corrected chi connectivity index (χ0v) is 11.7. The predicted molar refractivity (Wildman–Crippen MR) is 63.4 cm³/mol. The van der Waals surface area contributed by atoms with Gasteiger partial charge in [0.15, 0.2) is 7.05 Å². The van der Waals surface area contributed by atoms with Crippen molar-refractivity contribution in [1.82, 2.24) is 4.68 Å². The van der Waals surface area contributed by atoms with Gasteiger partial charge in [0, 0.05) is 11.6 Å². The van der Waals surface area contributed by atoms with Gasteiger partial charge in [-0.1, -0.05) is 18.2 Å². The molecule has 0 aliphatic heterocycles. The molecule has 19 heavy (non-hydrogen) atoms. The summed E-state index contributed by atoms with van der Waals surface area (Å²) in [6, 6.07) is 12.6. The van der Waals surface area contributed by atoms with Crippen LogP contribution >= 0.6 is 0 Å². The zero-order chi connectivity index (χ0) is 14.6. The van der Waals surface area contributed by atoms with Gasteiger partial charge in [0.1, 0.15) is 0 Å². The molecular weight excluding hydrogens is 272 g/mol. The SMILES string of the molecule is Cc1cc(-c2ccccc2)[n+](C)n1C.[O-][Cl+](O)(O)O. The summed E-state index contributed by atoms with van der Waals surface area (Å²) in [7, 11) is -0.0445. The van der Waals surface area contributed by atoms with Gasteiger partial charge in [0.2, 0.25) is 5.69 Å². The molecule has 0 aliphatic carbocycles. The molecule has 0 bridgehead atoms. The fourth-order valence-corrected chi connectivity index (χ4v) is 1.66. The minimum absolute atomic E-state index is 1.26. The van der Waals surface area contributed by atoms with Gasteiger partial charge in [0.05, 0.1) is 12.7 Å². The molecule has 7 heteroatoms. The number of rotatable bonds is 1. The van der Waals surface area contributed by atoms with E-state index in [1.54, 1.807) is 0 Å². The van der Waals surface area contributed by atoms with Crippen LogP contribution in [0.25, 0.3) is 11.3 Å². The van der Waals surface area contributed by atoms with Crippen molar-refractivity contribution in [1.29, 1.82) is 0 Å². The van der Waals surface area contributed by atoms with Gasteiger partial charge >= 0.3 is 28.9 Å². The number of benzene rings is 1. The Morgan fingerprint density at radius 1 is 1.16 bits per heavy atom. The van der Waals surface area contributed by atoms with Crippen LogP contribution in [-0.4, -0.2) is 18.7 Å². The van der Waals surface area contributed by atoms with Crippen molar-refractivity contribution >= 4 is 0 Å². The third-order valence-electron chi connectivity index (χ3n) is 2.72. The molecule has 1 heterocycles. The second kappa shape index (κ2) is 6.14. The van der Waals surface area contributed by atoms with Gasteiger partial charge in [-0.05, 0) is 19.1 Å². The third-order valence-corrected chi connectivity index (χ3v) is 2.72. The Morgan fingerprint density at radius 2 is 1.63 bits per heavy atom. The Kier molecular flexibility index (Phi) is 5.04. The van der Waals surface area contributed by atoms with Crippen LogP contribution in [-0.2, 0) is 14.1 Å². The van der Waals surface area contributed by atoms with Gasteiger partial charge in [-0.3, -0.25) is 0 Å². The molecule has 0 radical (unpaired) electrons. The van der Waals surface area contributed by atoms with E-state index in [2.05, 4.69) is 60.7 Å². The quantitative estimate of drug-likeness (QED) is 0.585. The number of nitrogens with zero attached hydrogens (tertiary/aromatic N) is 2. The molecule has 3 N–H and O–H groups in total. The van der Waals surface area contributed by atoms with E-state index in [1.807, 2.05) is 6.07 Å². The molecule has 0 aliphatic rings. The van der Waals surface area contributed by atoms with E-state index in [0.717, 1.165) is 0 Å². The summed E-state index contributed by atoms with van der Waals surface area (Å²) < 4.78 is 34.5. The van der Waals surface area contributed by atoms with E-state index in [1.165, 1.54) is 17.0 Å². The van der Waals surface area contributed by atoms with Gasteiger partial charge in [-0.2, -0.15) is 4.68 Å². The van der Waals surface area contributed by atoms with E-state index in [9.17, 15) is 0 Å². The van der Waals surface area contributed by atoms with Crippen LogP contribution in [0, 0.1) is 17.2 Å². The summed E-state index contributed by atoms with van der Waals surface area (Å²) >= 11 is 0. The van der Waals surface area contributed by atoms with E-state index in [4.69, 9.17) is 18.6 Å². The van der Waals surface area contributed by atoms with Crippen LogP contribution in [0.3, 0.4) is 0 Å². The molecule has 0 fully saturated rings. The number of hydrogen-bond acceptors (Lipinski definition) is 4. The van der Waals surface area contributed by atoms with Crippen molar-refractivity contribution in [2.75, 3.05) is 0 Å². The Labute approximate surface area is 113 Å². The third kappa shape index (κ3) is 4.98. The first kappa shape index (κ1) is 15.6. The van der Waals surface area contributed by atoms with Crippen LogP contribution < -0.4 is 9.34 Å². The predicted octanol–water partition coefficient (Wildman–Crippen LogP) is -1.03. The maximum absolute atomic E-state index is 8.83. The van der Waals surface area contributed by atoms with Gasteiger partial charge < -0.3 is 0 Å². The number of hydrogen-bond donors (Lipinski definition) is 3. The molecule has 0 unspecified atom stereocenters. The molecule has 6 nitrogen and oxygen atoms in total. The van der Waals surface area contributed by atoms with Crippen molar-refractivity contribution in [3.05, 3.63) is 42.1 Å². The second-order valence-electron chi connectivity index (χ2n) is 4.02. The zero-order valence-electron chi connectivity index (χ0n) is 11.0. The van der Waals surface area contributed by atoms with Crippen LogP contribution in [0.1, 0.15) is 5.69 Å². The number of aryl methyl sites for hydroxylation is 1. The van der Waals surface area contributed by atoms with Crippen molar-refractivity contribution in [2.24, 2.45) is 14.1 Å². The summed E-state index contributed by atoms with van der Waals surface area (Å²) in [5.74, 6) is 0. The molecule has 106 valence electrons. The molecule has 1 aromatic heterocycles. The molecule has 0 saturated carbocycles. The van der Waals surface area contributed by atoms with Crippen LogP contribution in [0.5, 0.6) is 0 Å². The fraction of sp³-hybridized carbons (Fsp3) is 0.250. The van der Waals surface area contributed by atoms with Gasteiger partial charge in [-0.25, -0.2) is 0 Å². The summed E-state index contributed by atoms with van der Waals surface area (Å²) in [5.41, 5.74) is 3.79. The molecule has 0 spiro atoms. The van der Waals surface area contributed by atoms with Crippen LogP contribution in [0.2, 0.25) is 0 Å².